The molecule has 2 unspecified atom stereocenters. The van der Waals surface area contributed by atoms with Crippen LogP contribution < -0.4 is 0 Å². The number of aliphatic hydroxyl groups is 3. The Morgan fingerprint density at radius 2 is 1.55 bits per heavy atom. The summed E-state index contributed by atoms with van der Waals surface area (Å²) >= 11 is 0. The van der Waals surface area contributed by atoms with Crippen LogP contribution in [-0.4, -0.2) is 34.1 Å². The maximum atomic E-state index is 9.31. The summed E-state index contributed by atoms with van der Waals surface area (Å²) in [6, 6.07) is 0. The van der Waals surface area contributed by atoms with Crippen LogP contribution in [0.1, 0.15) is 27.2 Å². The first-order chi connectivity index (χ1) is 5.01. The van der Waals surface area contributed by atoms with Crippen molar-refractivity contribution >= 4 is 0 Å². The van der Waals surface area contributed by atoms with E-state index in [0.717, 1.165) is 0 Å². The lowest BCUT2D eigenvalue weighted by Crippen LogP contribution is -2.45. The number of rotatable bonds is 4. The highest BCUT2D eigenvalue weighted by atomic mass is 16.3. The Bertz CT molecular complexity index is 95.9. The summed E-state index contributed by atoms with van der Waals surface area (Å²) in [6.07, 6.45) is -0.797. The molecule has 3 nitrogen and oxygen atoms in total. The molecule has 0 spiro atoms. The van der Waals surface area contributed by atoms with Gasteiger partial charge in [0.15, 0.2) is 0 Å². The average molecular weight is 162 g/mol. The fraction of sp³-hybridized carbons (Fsp3) is 1.00. The summed E-state index contributed by atoms with van der Waals surface area (Å²) in [5.41, 5.74) is -0.750. The van der Waals surface area contributed by atoms with Gasteiger partial charge in [0.25, 0.3) is 0 Å². The Morgan fingerprint density at radius 3 is 1.55 bits per heavy atom. The van der Waals surface area contributed by atoms with Crippen LogP contribution in [0.3, 0.4) is 0 Å². The summed E-state index contributed by atoms with van der Waals surface area (Å²) in [6.45, 7) is 4.84. The van der Waals surface area contributed by atoms with Gasteiger partial charge in [-0.1, -0.05) is 6.92 Å². The van der Waals surface area contributed by atoms with Gasteiger partial charge < -0.3 is 15.3 Å². The molecule has 11 heavy (non-hydrogen) atoms. The normalized spacial score (nSPS) is 22.4. The lowest BCUT2D eigenvalue weighted by Gasteiger charge is -2.36. The lowest BCUT2D eigenvalue weighted by atomic mass is 9.76. The minimum Gasteiger partial charge on any atom is -0.396 e. The molecule has 0 heterocycles. The van der Waals surface area contributed by atoms with Crippen LogP contribution in [0.5, 0.6) is 0 Å². The maximum absolute atomic E-state index is 9.31. The highest BCUT2D eigenvalue weighted by Gasteiger charge is 2.37. The molecule has 0 aliphatic rings. The second-order valence-electron chi connectivity index (χ2n) is 3.10. The molecule has 0 amide bonds. The highest BCUT2D eigenvalue weighted by Crippen LogP contribution is 2.29. The first-order valence-corrected chi connectivity index (χ1v) is 3.98. The molecule has 0 radical (unpaired) electrons. The van der Waals surface area contributed by atoms with Crippen molar-refractivity contribution in [1.29, 1.82) is 0 Å². The van der Waals surface area contributed by atoms with Gasteiger partial charge in [0.1, 0.15) is 0 Å². The van der Waals surface area contributed by atoms with Crippen molar-refractivity contribution in [2.24, 2.45) is 5.41 Å². The summed E-state index contributed by atoms with van der Waals surface area (Å²) in [5.74, 6) is 0. The third-order valence-electron chi connectivity index (χ3n) is 2.62. The summed E-state index contributed by atoms with van der Waals surface area (Å²) < 4.78 is 0. The number of hydrogen-bond donors (Lipinski definition) is 3. The first kappa shape index (κ1) is 10.9. The molecule has 68 valence electrons. The molecule has 0 aromatic rings. The molecule has 0 aliphatic carbocycles. The molecule has 0 bridgehead atoms. The van der Waals surface area contributed by atoms with Crippen LogP contribution in [0.2, 0.25) is 0 Å². The van der Waals surface area contributed by atoms with Gasteiger partial charge in [0.05, 0.1) is 18.8 Å². The van der Waals surface area contributed by atoms with Crippen LogP contribution in [0.15, 0.2) is 0 Å². The van der Waals surface area contributed by atoms with E-state index in [0.29, 0.717) is 6.42 Å². The van der Waals surface area contributed by atoms with Gasteiger partial charge in [0.2, 0.25) is 0 Å². The number of hydrogen-bond acceptors (Lipinski definition) is 3. The van der Waals surface area contributed by atoms with E-state index in [4.69, 9.17) is 5.11 Å². The highest BCUT2D eigenvalue weighted by molar-refractivity contribution is 4.86. The van der Waals surface area contributed by atoms with Gasteiger partial charge in [0, 0.05) is 5.41 Å². The van der Waals surface area contributed by atoms with E-state index in [2.05, 4.69) is 0 Å². The lowest BCUT2D eigenvalue weighted by molar-refractivity contribution is -0.0870. The zero-order valence-electron chi connectivity index (χ0n) is 7.41. The van der Waals surface area contributed by atoms with E-state index >= 15 is 0 Å². The third kappa shape index (κ3) is 1.92. The quantitative estimate of drug-likeness (QED) is 0.551. The zero-order chi connectivity index (χ0) is 9.07. The number of aliphatic hydroxyl groups excluding tert-OH is 3. The third-order valence-corrected chi connectivity index (χ3v) is 2.62. The maximum Gasteiger partial charge on any atom is 0.0614 e. The van der Waals surface area contributed by atoms with E-state index in [1.807, 2.05) is 6.92 Å². The van der Waals surface area contributed by atoms with Crippen molar-refractivity contribution in [3.8, 4) is 0 Å². The zero-order valence-corrected chi connectivity index (χ0v) is 7.41. The van der Waals surface area contributed by atoms with E-state index in [9.17, 15) is 10.2 Å². The van der Waals surface area contributed by atoms with Crippen molar-refractivity contribution in [2.45, 2.75) is 39.4 Å². The van der Waals surface area contributed by atoms with Crippen LogP contribution >= 0.6 is 0 Å². The topological polar surface area (TPSA) is 60.7 Å². The molecule has 0 aliphatic heterocycles. The van der Waals surface area contributed by atoms with Gasteiger partial charge in [-0.15, -0.1) is 0 Å². The van der Waals surface area contributed by atoms with Gasteiger partial charge in [-0.25, -0.2) is 0 Å². The molecule has 0 aromatic carbocycles. The Balaban J connectivity index is 4.46. The van der Waals surface area contributed by atoms with Gasteiger partial charge >= 0.3 is 0 Å². The molecule has 3 heteroatoms. The largest absolute Gasteiger partial charge is 0.396 e. The fourth-order valence-electron chi connectivity index (χ4n) is 1.32. The minimum atomic E-state index is -0.750. The molecule has 0 fully saturated rings. The van der Waals surface area contributed by atoms with E-state index in [-0.39, 0.29) is 6.61 Å². The predicted octanol–water partition coefficient (Wildman–Crippen LogP) is 0.137. The van der Waals surface area contributed by atoms with Crippen molar-refractivity contribution < 1.29 is 15.3 Å². The Hall–Kier alpha value is -0.120. The van der Waals surface area contributed by atoms with Gasteiger partial charge in [-0.3, -0.25) is 0 Å². The second kappa shape index (κ2) is 4.04. The summed E-state index contributed by atoms with van der Waals surface area (Å²) in [7, 11) is 0. The molecule has 0 rings (SSSR count). The Labute approximate surface area is 67.7 Å². The SMILES string of the molecule is CCC(CO)(C(C)O)C(C)O. The molecule has 3 N–H and O–H groups in total. The van der Waals surface area contributed by atoms with Crippen LogP contribution in [0.25, 0.3) is 0 Å². The molecular weight excluding hydrogens is 144 g/mol. The van der Waals surface area contributed by atoms with Crippen molar-refractivity contribution in [2.75, 3.05) is 6.61 Å². The average Bonchev–Trinajstić information content (AvgIpc) is 1.90. The van der Waals surface area contributed by atoms with E-state index in [1.165, 1.54) is 0 Å². The van der Waals surface area contributed by atoms with Gasteiger partial charge in [-0.2, -0.15) is 0 Å². The van der Waals surface area contributed by atoms with Gasteiger partial charge in [-0.05, 0) is 20.3 Å². The van der Waals surface area contributed by atoms with Crippen LogP contribution in [-0.2, 0) is 0 Å². The fourth-order valence-corrected chi connectivity index (χ4v) is 1.32. The Morgan fingerprint density at radius 1 is 1.18 bits per heavy atom. The molecule has 0 saturated carbocycles. The summed E-state index contributed by atoms with van der Waals surface area (Å²) in [4.78, 5) is 0. The van der Waals surface area contributed by atoms with E-state index < -0.39 is 17.6 Å². The Kier molecular flexibility index (Phi) is 4.00. The molecular formula is C8H18O3. The van der Waals surface area contributed by atoms with Crippen LogP contribution in [0, 0.1) is 5.41 Å². The first-order valence-electron chi connectivity index (χ1n) is 3.98. The van der Waals surface area contributed by atoms with E-state index in [1.54, 1.807) is 13.8 Å². The van der Waals surface area contributed by atoms with Crippen molar-refractivity contribution in [3.05, 3.63) is 0 Å². The second-order valence-corrected chi connectivity index (χ2v) is 3.10. The summed E-state index contributed by atoms with van der Waals surface area (Å²) in [5, 5.41) is 27.6. The van der Waals surface area contributed by atoms with Crippen molar-refractivity contribution in [1.82, 2.24) is 0 Å². The van der Waals surface area contributed by atoms with Crippen LogP contribution in [0.4, 0.5) is 0 Å². The smallest absolute Gasteiger partial charge is 0.0614 e. The standard InChI is InChI=1S/C8H18O3/c1-4-8(5-9,6(2)10)7(3)11/h6-7,9-11H,4-5H2,1-3H3. The predicted molar refractivity (Wildman–Crippen MR) is 43.2 cm³/mol. The molecule has 2 atom stereocenters. The monoisotopic (exact) mass is 162 g/mol. The minimum absolute atomic E-state index is 0.182. The molecule has 0 aromatic heterocycles. The van der Waals surface area contributed by atoms with Crippen molar-refractivity contribution in [3.63, 3.8) is 0 Å². The molecule has 0 saturated heterocycles.